The highest BCUT2D eigenvalue weighted by molar-refractivity contribution is 5.79. The van der Waals surface area contributed by atoms with Gasteiger partial charge in [0.15, 0.2) is 0 Å². The van der Waals surface area contributed by atoms with Crippen molar-refractivity contribution in [2.45, 2.75) is 70.0 Å². The number of nitrogens with zero attached hydrogens (tertiary/aromatic N) is 1. The Kier molecular flexibility index (Phi) is 4.32. The minimum atomic E-state index is 0.191. The molecule has 20 heavy (non-hydrogen) atoms. The molecule has 5 unspecified atom stereocenters. The largest absolute Gasteiger partial charge is 0.353 e. The first-order valence-corrected chi connectivity index (χ1v) is 8.43. The van der Waals surface area contributed by atoms with E-state index >= 15 is 0 Å². The summed E-state index contributed by atoms with van der Waals surface area (Å²) in [7, 11) is 0. The number of rotatable bonds is 2. The Morgan fingerprint density at radius 2 is 2.00 bits per heavy atom. The molecule has 114 valence electrons. The summed E-state index contributed by atoms with van der Waals surface area (Å²) in [6.45, 7) is 4.62. The van der Waals surface area contributed by atoms with E-state index in [0.717, 1.165) is 38.1 Å². The molecule has 1 aliphatic carbocycles. The molecule has 0 bridgehead atoms. The lowest BCUT2D eigenvalue weighted by Gasteiger charge is -2.37. The molecule has 0 aromatic heterocycles. The van der Waals surface area contributed by atoms with Crippen LogP contribution < -0.4 is 11.1 Å². The zero-order valence-electron chi connectivity index (χ0n) is 12.7. The van der Waals surface area contributed by atoms with E-state index in [1.165, 1.54) is 25.9 Å². The van der Waals surface area contributed by atoms with Gasteiger partial charge in [-0.1, -0.05) is 6.92 Å². The molecule has 4 nitrogen and oxygen atoms in total. The predicted octanol–water partition coefficient (Wildman–Crippen LogP) is 1.49. The highest BCUT2D eigenvalue weighted by Crippen LogP contribution is 2.31. The monoisotopic (exact) mass is 279 g/mol. The molecule has 2 heterocycles. The zero-order chi connectivity index (χ0) is 14.1. The molecule has 0 spiro atoms. The Balaban J connectivity index is 1.51. The first-order chi connectivity index (χ1) is 9.63. The fraction of sp³-hybridized carbons (Fsp3) is 0.938. The molecule has 0 aromatic carbocycles. The van der Waals surface area contributed by atoms with E-state index in [1.807, 2.05) is 0 Å². The van der Waals surface area contributed by atoms with Crippen LogP contribution in [0.3, 0.4) is 0 Å². The number of amides is 1. The van der Waals surface area contributed by atoms with E-state index in [2.05, 4.69) is 17.1 Å². The Labute approximate surface area is 122 Å². The van der Waals surface area contributed by atoms with Gasteiger partial charge in [-0.05, 0) is 57.4 Å². The molecule has 3 N–H and O–H groups in total. The molecule has 0 aromatic rings. The summed E-state index contributed by atoms with van der Waals surface area (Å²) in [5.74, 6) is 0.919. The summed E-state index contributed by atoms with van der Waals surface area (Å²) in [4.78, 5) is 15.1. The topological polar surface area (TPSA) is 58.4 Å². The van der Waals surface area contributed by atoms with Crippen LogP contribution in [-0.4, -0.2) is 42.0 Å². The highest BCUT2D eigenvalue weighted by Gasteiger charge is 2.35. The van der Waals surface area contributed by atoms with Crippen molar-refractivity contribution >= 4 is 5.91 Å². The quantitative estimate of drug-likeness (QED) is 0.805. The van der Waals surface area contributed by atoms with Gasteiger partial charge in [-0.25, -0.2) is 0 Å². The van der Waals surface area contributed by atoms with Gasteiger partial charge in [-0.3, -0.25) is 4.79 Å². The number of fused-ring (bicyclic) bond motifs is 1. The van der Waals surface area contributed by atoms with Gasteiger partial charge < -0.3 is 16.0 Å². The maximum Gasteiger partial charge on any atom is 0.223 e. The summed E-state index contributed by atoms with van der Waals surface area (Å²) in [6.07, 6.45) is 7.91. The maximum atomic E-state index is 12.5. The maximum absolute atomic E-state index is 12.5. The van der Waals surface area contributed by atoms with Crippen LogP contribution in [0.4, 0.5) is 0 Å². The van der Waals surface area contributed by atoms with Crippen LogP contribution in [0.5, 0.6) is 0 Å². The Bertz CT molecular complexity index is 360. The van der Waals surface area contributed by atoms with E-state index in [4.69, 9.17) is 5.73 Å². The van der Waals surface area contributed by atoms with Crippen molar-refractivity contribution in [2.24, 2.45) is 17.6 Å². The Morgan fingerprint density at radius 3 is 2.80 bits per heavy atom. The number of nitrogens with two attached hydrogens (primary N) is 1. The minimum Gasteiger partial charge on any atom is -0.353 e. The second-order valence-corrected chi connectivity index (χ2v) is 7.22. The van der Waals surface area contributed by atoms with E-state index in [1.54, 1.807) is 0 Å². The van der Waals surface area contributed by atoms with Crippen molar-refractivity contribution in [2.75, 3.05) is 13.1 Å². The van der Waals surface area contributed by atoms with Gasteiger partial charge >= 0.3 is 0 Å². The molecule has 4 heteroatoms. The van der Waals surface area contributed by atoms with Crippen LogP contribution in [-0.2, 0) is 4.79 Å². The van der Waals surface area contributed by atoms with Gasteiger partial charge in [0, 0.05) is 30.6 Å². The van der Waals surface area contributed by atoms with Crippen LogP contribution in [0, 0.1) is 11.8 Å². The van der Waals surface area contributed by atoms with Gasteiger partial charge in [0.2, 0.25) is 5.91 Å². The SMILES string of the molecule is CC1CC(N)CCC1C(=O)NC1CCN2CCCC2C1. The third-order valence-corrected chi connectivity index (χ3v) is 5.71. The van der Waals surface area contributed by atoms with Crippen LogP contribution in [0.15, 0.2) is 0 Å². The fourth-order valence-corrected chi connectivity index (χ4v) is 4.49. The first-order valence-electron chi connectivity index (χ1n) is 8.43. The molecule has 3 rings (SSSR count). The van der Waals surface area contributed by atoms with Crippen LogP contribution in [0.2, 0.25) is 0 Å². The molecule has 2 saturated heterocycles. The fourth-order valence-electron chi connectivity index (χ4n) is 4.49. The van der Waals surface area contributed by atoms with Gasteiger partial charge in [-0.2, -0.15) is 0 Å². The lowest BCUT2D eigenvalue weighted by atomic mass is 9.77. The van der Waals surface area contributed by atoms with E-state index in [0.29, 0.717) is 23.9 Å². The standard InChI is InChI=1S/C16H29N3O/c1-11-9-12(17)4-5-15(11)16(20)18-13-6-8-19-7-2-3-14(19)10-13/h11-15H,2-10,17H2,1H3,(H,18,20). The average Bonchev–Trinajstić information content (AvgIpc) is 2.85. The molecule has 1 saturated carbocycles. The van der Waals surface area contributed by atoms with Crippen LogP contribution in [0.1, 0.15) is 51.9 Å². The zero-order valence-corrected chi connectivity index (χ0v) is 12.7. The summed E-state index contributed by atoms with van der Waals surface area (Å²) in [5, 5.41) is 3.34. The highest BCUT2D eigenvalue weighted by atomic mass is 16.2. The van der Waals surface area contributed by atoms with Crippen molar-refractivity contribution in [3.8, 4) is 0 Å². The second-order valence-electron chi connectivity index (χ2n) is 7.22. The van der Waals surface area contributed by atoms with E-state index in [9.17, 15) is 4.79 Å². The molecular formula is C16H29N3O. The smallest absolute Gasteiger partial charge is 0.223 e. The first kappa shape index (κ1) is 14.3. The van der Waals surface area contributed by atoms with Crippen molar-refractivity contribution in [1.29, 1.82) is 0 Å². The van der Waals surface area contributed by atoms with Gasteiger partial charge in [0.25, 0.3) is 0 Å². The third kappa shape index (κ3) is 3.01. The number of hydrogen-bond donors (Lipinski definition) is 2. The number of piperidine rings is 1. The molecule has 3 fully saturated rings. The van der Waals surface area contributed by atoms with Gasteiger partial charge in [0.05, 0.1) is 0 Å². The molecule has 0 radical (unpaired) electrons. The normalized spacial score (nSPS) is 42.2. The molecule has 2 aliphatic heterocycles. The van der Waals surface area contributed by atoms with E-state index in [-0.39, 0.29) is 5.92 Å². The summed E-state index contributed by atoms with van der Waals surface area (Å²) < 4.78 is 0. The average molecular weight is 279 g/mol. The van der Waals surface area contributed by atoms with Crippen LogP contribution in [0.25, 0.3) is 0 Å². The summed E-state index contributed by atoms with van der Waals surface area (Å²) in [6, 6.07) is 1.44. The predicted molar refractivity (Wildman–Crippen MR) is 80.2 cm³/mol. The van der Waals surface area contributed by atoms with Crippen molar-refractivity contribution < 1.29 is 4.79 Å². The molecule has 1 amide bonds. The lowest BCUT2D eigenvalue weighted by molar-refractivity contribution is -0.128. The number of carbonyl (C=O) groups is 1. The van der Waals surface area contributed by atoms with Gasteiger partial charge in [0.1, 0.15) is 0 Å². The van der Waals surface area contributed by atoms with Crippen molar-refractivity contribution in [3.63, 3.8) is 0 Å². The van der Waals surface area contributed by atoms with Gasteiger partial charge in [-0.15, -0.1) is 0 Å². The summed E-state index contributed by atoms with van der Waals surface area (Å²) >= 11 is 0. The number of nitrogens with one attached hydrogen (secondary N) is 1. The van der Waals surface area contributed by atoms with Crippen LogP contribution >= 0.6 is 0 Å². The molecule has 5 atom stereocenters. The molecular weight excluding hydrogens is 250 g/mol. The minimum absolute atomic E-state index is 0.191. The van der Waals surface area contributed by atoms with Crippen molar-refractivity contribution in [3.05, 3.63) is 0 Å². The number of carbonyl (C=O) groups excluding carboxylic acids is 1. The molecule has 3 aliphatic rings. The van der Waals surface area contributed by atoms with E-state index < -0.39 is 0 Å². The van der Waals surface area contributed by atoms with Crippen molar-refractivity contribution in [1.82, 2.24) is 10.2 Å². The Hall–Kier alpha value is -0.610. The second kappa shape index (κ2) is 6.02. The lowest BCUT2D eigenvalue weighted by Crippen LogP contribution is -2.50. The Morgan fingerprint density at radius 1 is 1.15 bits per heavy atom. The third-order valence-electron chi connectivity index (χ3n) is 5.71. The number of hydrogen-bond acceptors (Lipinski definition) is 3. The summed E-state index contributed by atoms with van der Waals surface area (Å²) in [5.41, 5.74) is 5.99.